The van der Waals surface area contributed by atoms with E-state index in [2.05, 4.69) is 4.72 Å². The summed E-state index contributed by atoms with van der Waals surface area (Å²) >= 11 is 8.86. The second kappa shape index (κ2) is 7.19. The van der Waals surface area contributed by atoms with Gasteiger partial charge in [-0.1, -0.05) is 23.7 Å². The maximum atomic E-state index is 12.6. The van der Waals surface area contributed by atoms with Gasteiger partial charge in [0.25, 0.3) is 0 Å². The highest BCUT2D eigenvalue weighted by atomic mass is 35.5. The Morgan fingerprint density at radius 1 is 1.24 bits per heavy atom. The zero-order valence-corrected chi connectivity index (χ0v) is 16.5. The molecule has 3 rings (SSSR count). The van der Waals surface area contributed by atoms with Gasteiger partial charge in [0.2, 0.25) is 10.0 Å². The Kier molecular flexibility index (Phi) is 5.34. The molecule has 0 bridgehead atoms. The molecule has 0 aliphatic carbocycles. The molecule has 8 heteroatoms. The van der Waals surface area contributed by atoms with Gasteiger partial charge >= 0.3 is 0 Å². The molecule has 1 aromatic carbocycles. The highest BCUT2D eigenvalue weighted by Gasteiger charge is 2.34. The van der Waals surface area contributed by atoms with Gasteiger partial charge in [-0.25, -0.2) is 13.1 Å². The lowest BCUT2D eigenvalue weighted by Crippen LogP contribution is -2.40. The molecule has 25 heavy (non-hydrogen) atoms. The van der Waals surface area contributed by atoms with E-state index in [9.17, 15) is 13.5 Å². The summed E-state index contributed by atoms with van der Waals surface area (Å²) in [5.41, 5.74) is 0.0361. The molecule has 132 valence electrons. The number of halogens is 1. The van der Waals surface area contributed by atoms with E-state index in [1.165, 1.54) is 34.8 Å². The van der Waals surface area contributed by atoms with E-state index in [0.717, 1.165) is 5.56 Å². The van der Waals surface area contributed by atoms with Crippen LogP contribution in [0.4, 0.5) is 0 Å². The van der Waals surface area contributed by atoms with Crippen LogP contribution >= 0.6 is 34.3 Å². The molecule has 2 heterocycles. The van der Waals surface area contributed by atoms with E-state index in [1.807, 2.05) is 22.2 Å². The quantitative estimate of drug-likeness (QED) is 0.642. The van der Waals surface area contributed by atoms with Gasteiger partial charge in [0.05, 0.1) is 4.90 Å². The molecule has 0 radical (unpaired) electrons. The SMILES string of the molecule is Cc1ccc(S(=O)(=O)NCC(O)(c2ccsc2)c2cccs2)cc1Cl. The highest BCUT2D eigenvalue weighted by molar-refractivity contribution is 7.89. The third-order valence-electron chi connectivity index (χ3n) is 3.90. The average Bonchev–Trinajstić information content (AvgIpc) is 3.29. The number of sulfonamides is 1. The first kappa shape index (κ1) is 18.6. The van der Waals surface area contributed by atoms with Gasteiger partial charge in [0.15, 0.2) is 0 Å². The molecule has 1 unspecified atom stereocenters. The third-order valence-corrected chi connectivity index (χ3v) is 7.41. The lowest BCUT2D eigenvalue weighted by atomic mass is 9.95. The van der Waals surface area contributed by atoms with Crippen molar-refractivity contribution in [3.05, 3.63) is 73.6 Å². The number of aryl methyl sites for hydroxylation is 1. The second-order valence-electron chi connectivity index (χ2n) is 5.59. The molecule has 0 amide bonds. The largest absolute Gasteiger partial charge is 0.378 e. The maximum absolute atomic E-state index is 12.6. The Bertz CT molecular complexity index is 917. The lowest BCUT2D eigenvalue weighted by molar-refractivity contribution is 0.0903. The minimum absolute atomic E-state index is 0.0712. The fourth-order valence-electron chi connectivity index (χ4n) is 2.37. The van der Waals surface area contributed by atoms with Crippen molar-refractivity contribution in [2.24, 2.45) is 0 Å². The standard InChI is InChI=1S/C17H16ClNO3S3/c1-12-4-5-14(9-15(12)18)25(21,22)19-11-17(20,13-6-8-23-10-13)16-3-2-7-24-16/h2-10,19-20H,11H2,1H3. The first-order valence-electron chi connectivity index (χ1n) is 7.38. The molecule has 0 saturated carbocycles. The molecular formula is C17H16ClNO3S3. The minimum atomic E-state index is -3.80. The van der Waals surface area contributed by atoms with E-state index >= 15 is 0 Å². The molecule has 0 spiro atoms. The summed E-state index contributed by atoms with van der Waals surface area (Å²) in [6, 6.07) is 9.97. The summed E-state index contributed by atoms with van der Waals surface area (Å²) in [5.74, 6) is 0. The Labute approximate surface area is 159 Å². The van der Waals surface area contributed by atoms with Gasteiger partial charge in [0.1, 0.15) is 5.60 Å². The number of thiophene rings is 2. The normalized spacial score (nSPS) is 14.4. The molecule has 0 saturated heterocycles. The van der Waals surface area contributed by atoms with E-state index in [4.69, 9.17) is 11.6 Å². The number of hydrogen-bond donors (Lipinski definition) is 2. The van der Waals surface area contributed by atoms with Crippen molar-refractivity contribution in [1.29, 1.82) is 0 Å². The predicted octanol–water partition coefficient (Wildman–Crippen LogP) is 3.99. The molecular weight excluding hydrogens is 398 g/mol. The first-order chi connectivity index (χ1) is 11.8. The number of rotatable bonds is 6. The topological polar surface area (TPSA) is 66.4 Å². The zero-order chi connectivity index (χ0) is 18.1. The van der Waals surface area contributed by atoms with Crippen molar-refractivity contribution in [2.75, 3.05) is 6.54 Å². The van der Waals surface area contributed by atoms with Crippen molar-refractivity contribution in [2.45, 2.75) is 17.4 Å². The molecule has 4 nitrogen and oxygen atoms in total. The Hall–Kier alpha value is -1.22. The van der Waals surface area contributed by atoms with E-state index in [1.54, 1.807) is 25.1 Å². The number of benzene rings is 1. The van der Waals surface area contributed by atoms with Crippen LogP contribution in [0.1, 0.15) is 16.0 Å². The summed E-state index contributed by atoms with van der Waals surface area (Å²) in [7, 11) is -3.80. The second-order valence-corrected chi connectivity index (χ2v) is 9.49. The van der Waals surface area contributed by atoms with Crippen LogP contribution in [-0.4, -0.2) is 20.1 Å². The number of aliphatic hydroxyl groups is 1. The van der Waals surface area contributed by atoms with Crippen LogP contribution in [0.5, 0.6) is 0 Å². The zero-order valence-electron chi connectivity index (χ0n) is 13.3. The van der Waals surface area contributed by atoms with E-state index in [0.29, 0.717) is 15.5 Å². The van der Waals surface area contributed by atoms with Gasteiger partial charge in [-0.05, 0) is 52.9 Å². The fourth-order valence-corrected chi connectivity index (χ4v) is 5.27. The van der Waals surface area contributed by atoms with Crippen LogP contribution in [0.15, 0.2) is 57.4 Å². The van der Waals surface area contributed by atoms with Crippen molar-refractivity contribution < 1.29 is 13.5 Å². The van der Waals surface area contributed by atoms with Crippen LogP contribution < -0.4 is 4.72 Å². The molecule has 0 aliphatic heterocycles. The van der Waals surface area contributed by atoms with Crippen LogP contribution in [0.25, 0.3) is 0 Å². The Morgan fingerprint density at radius 3 is 2.64 bits per heavy atom. The van der Waals surface area contributed by atoms with Crippen molar-refractivity contribution >= 4 is 44.3 Å². The monoisotopic (exact) mass is 413 g/mol. The van der Waals surface area contributed by atoms with Gasteiger partial charge < -0.3 is 5.11 Å². The molecule has 2 aromatic heterocycles. The van der Waals surface area contributed by atoms with Crippen LogP contribution in [0.2, 0.25) is 5.02 Å². The summed E-state index contributed by atoms with van der Waals surface area (Å²) in [6.07, 6.45) is 0. The van der Waals surface area contributed by atoms with Crippen molar-refractivity contribution in [3.8, 4) is 0 Å². The molecule has 3 aromatic rings. The van der Waals surface area contributed by atoms with Crippen molar-refractivity contribution in [3.63, 3.8) is 0 Å². The van der Waals surface area contributed by atoms with Crippen LogP contribution in [0, 0.1) is 6.92 Å². The fraction of sp³-hybridized carbons (Fsp3) is 0.176. The summed E-state index contributed by atoms with van der Waals surface area (Å²) < 4.78 is 27.7. The molecule has 0 fully saturated rings. The first-order valence-corrected chi connectivity index (χ1v) is 11.1. The smallest absolute Gasteiger partial charge is 0.240 e. The van der Waals surface area contributed by atoms with Crippen LogP contribution in [0.3, 0.4) is 0 Å². The Morgan fingerprint density at radius 2 is 2.04 bits per heavy atom. The molecule has 2 N–H and O–H groups in total. The van der Waals surface area contributed by atoms with Crippen LogP contribution in [-0.2, 0) is 15.6 Å². The molecule has 1 atom stereocenters. The molecule has 0 aliphatic rings. The number of nitrogens with one attached hydrogen (secondary N) is 1. The summed E-state index contributed by atoms with van der Waals surface area (Å²) in [4.78, 5) is 0.748. The summed E-state index contributed by atoms with van der Waals surface area (Å²) in [6.45, 7) is 1.64. The summed E-state index contributed by atoms with van der Waals surface area (Å²) in [5, 5.41) is 17.1. The van der Waals surface area contributed by atoms with Gasteiger partial charge in [-0.15, -0.1) is 11.3 Å². The minimum Gasteiger partial charge on any atom is -0.378 e. The Balaban J connectivity index is 1.90. The highest BCUT2D eigenvalue weighted by Crippen LogP contribution is 2.34. The average molecular weight is 414 g/mol. The number of hydrogen-bond acceptors (Lipinski definition) is 5. The lowest BCUT2D eigenvalue weighted by Gasteiger charge is -2.27. The van der Waals surface area contributed by atoms with E-state index in [-0.39, 0.29) is 11.4 Å². The van der Waals surface area contributed by atoms with E-state index < -0.39 is 15.6 Å². The third kappa shape index (κ3) is 3.81. The van der Waals surface area contributed by atoms with Crippen molar-refractivity contribution in [1.82, 2.24) is 4.72 Å². The van der Waals surface area contributed by atoms with Gasteiger partial charge in [-0.3, -0.25) is 0 Å². The van der Waals surface area contributed by atoms with Gasteiger partial charge in [-0.2, -0.15) is 11.3 Å². The predicted molar refractivity (Wildman–Crippen MR) is 103 cm³/mol. The maximum Gasteiger partial charge on any atom is 0.240 e. The van der Waals surface area contributed by atoms with Gasteiger partial charge in [0, 0.05) is 22.0 Å².